The van der Waals surface area contributed by atoms with Crippen molar-refractivity contribution >= 4 is 33.3 Å². The molecule has 9 rings (SSSR count). The van der Waals surface area contributed by atoms with Gasteiger partial charge in [-0.15, -0.1) is 0 Å². The highest BCUT2D eigenvalue weighted by molar-refractivity contribution is 6.09. The van der Waals surface area contributed by atoms with Crippen LogP contribution in [0.15, 0.2) is 138 Å². The van der Waals surface area contributed by atoms with Crippen molar-refractivity contribution in [3.8, 4) is 22.6 Å². The quantitative estimate of drug-likeness (QED) is 0.250. The zero-order valence-electron chi connectivity index (χ0n) is 21.5. The summed E-state index contributed by atoms with van der Waals surface area (Å²) in [5, 5.41) is 5.90. The minimum atomic E-state index is -0.486. The molecule has 188 valence electrons. The van der Waals surface area contributed by atoms with E-state index in [2.05, 4.69) is 121 Å². The van der Waals surface area contributed by atoms with Crippen molar-refractivity contribution in [3.05, 3.63) is 156 Å². The first kappa shape index (κ1) is 21.6. The fourth-order valence-corrected chi connectivity index (χ4v) is 6.97. The Morgan fingerprint density at radius 1 is 0.475 bits per heavy atom. The van der Waals surface area contributed by atoms with Gasteiger partial charge >= 0.3 is 0 Å². The molecule has 0 atom stereocenters. The average Bonchev–Trinajstić information content (AvgIpc) is 3.53. The maximum absolute atomic E-state index is 6.78. The summed E-state index contributed by atoms with van der Waals surface area (Å²) in [6, 6.07) is 46.9. The number of hydrogen-bond donors (Lipinski definition) is 1. The highest BCUT2D eigenvalue weighted by Crippen LogP contribution is 2.63. The predicted octanol–water partition coefficient (Wildman–Crippen LogP) is 9.80. The zero-order chi connectivity index (χ0) is 26.3. The molecule has 0 saturated carbocycles. The van der Waals surface area contributed by atoms with Gasteiger partial charge in [-0.2, -0.15) is 0 Å². The van der Waals surface area contributed by atoms with Crippen LogP contribution in [0.4, 0.5) is 11.4 Å². The molecular formula is C37H23NO2. The molecule has 1 aromatic heterocycles. The minimum Gasteiger partial charge on any atom is -0.454 e. The van der Waals surface area contributed by atoms with Crippen LogP contribution in [-0.4, -0.2) is 0 Å². The SMILES string of the molecule is c1ccc2c(c1)Oc1c(Nc3cccc4c3oc3ccccc34)cccc1C21c2ccccc2-c2ccccc21. The third-order valence-electron chi connectivity index (χ3n) is 8.55. The van der Waals surface area contributed by atoms with Crippen LogP contribution >= 0.6 is 0 Å². The van der Waals surface area contributed by atoms with Gasteiger partial charge in [0.05, 0.1) is 16.8 Å². The van der Waals surface area contributed by atoms with Crippen molar-refractivity contribution in [2.24, 2.45) is 0 Å². The van der Waals surface area contributed by atoms with Crippen LogP contribution in [0.2, 0.25) is 0 Å². The molecule has 0 unspecified atom stereocenters. The summed E-state index contributed by atoms with van der Waals surface area (Å²) in [5.41, 5.74) is 10.4. The highest BCUT2D eigenvalue weighted by Gasteiger charge is 2.51. The Bertz CT molecular complexity index is 2090. The van der Waals surface area contributed by atoms with E-state index in [1.165, 1.54) is 22.3 Å². The summed E-state index contributed by atoms with van der Waals surface area (Å²) >= 11 is 0. The van der Waals surface area contributed by atoms with Crippen LogP contribution < -0.4 is 10.1 Å². The Morgan fingerprint density at radius 3 is 1.90 bits per heavy atom. The van der Waals surface area contributed by atoms with Crippen molar-refractivity contribution in [1.29, 1.82) is 0 Å². The van der Waals surface area contributed by atoms with Crippen molar-refractivity contribution in [2.75, 3.05) is 5.32 Å². The van der Waals surface area contributed by atoms with Gasteiger partial charge in [-0.05, 0) is 46.5 Å². The number of ether oxygens (including phenoxy) is 1. The smallest absolute Gasteiger partial charge is 0.158 e. The summed E-state index contributed by atoms with van der Waals surface area (Å²) in [7, 11) is 0. The van der Waals surface area contributed by atoms with Crippen molar-refractivity contribution in [3.63, 3.8) is 0 Å². The van der Waals surface area contributed by atoms with Crippen LogP contribution in [0.3, 0.4) is 0 Å². The third kappa shape index (κ3) is 2.69. The monoisotopic (exact) mass is 513 g/mol. The van der Waals surface area contributed by atoms with Crippen molar-refractivity contribution in [1.82, 2.24) is 0 Å². The molecule has 0 fully saturated rings. The van der Waals surface area contributed by atoms with Crippen LogP contribution in [0.5, 0.6) is 11.5 Å². The maximum atomic E-state index is 6.78. The average molecular weight is 514 g/mol. The largest absolute Gasteiger partial charge is 0.454 e. The van der Waals surface area contributed by atoms with E-state index < -0.39 is 5.41 Å². The second-order valence-electron chi connectivity index (χ2n) is 10.5. The number of anilines is 2. The fourth-order valence-electron chi connectivity index (χ4n) is 6.97. The van der Waals surface area contributed by atoms with E-state index in [0.29, 0.717) is 0 Å². The topological polar surface area (TPSA) is 34.4 Å². The number of hydrogen-bond acceptors (Lipinski definition) is 3. The summed E-state index contributed by atoms with van der Waals surface area (Å²) in [5.74, 6) is 1.71. The molecule has 3 nitrogen and oxygen atoms in total. The minimum absolute atomic E-state index is 0.486. The lowest BCUT2D eigenvalue weighted by Crippen LogP contribution is -2.32. The van der Waals surface area contributed by atoms with E-state index in [1.807, 2.05) is 18.2 Å². The Hall–Kier alpha value is -5.28. The Kier molecular flexibility index (Phi) is 4.26. The fraction of sp³-hybridized carbons (Fsp3) is 0.0270. The van der Waals surface area contributed by atoms with Gasteiger partial charge in [-0.3, -0.25) is 0 Å². The standard InChI is InChI=1S/C37H23NO2/c1-4-15-27-23(11-1)24-12-2-5-16-28(24)37(27)29-17-6-8-22-34(29)40-36-30(37)18-10-20-32(36)38-31-19-9-14-26-25-13-3-7-21-33(25)39-35(26)31/h1-22,38H. The van der Waals surface area contributed by atoms with E-state index >= 15 is 0 Å². The molecule has 6 aromatic carbocycles. The van der Waals surface area contributed by atoms with Gasteiger partial charge < -0.3 is 14.5 Å². The zero-order valence-corrected chi connectivity index (χ0v) is 21.5. The van der Waals surface area contributed by atoms with Crippen LogP contribution in [0.1, 0.15) is 22.3 Å². The molecule has 1 aliphatic heterocycles. The van der Waals surface area contributed by atoms with Gasteiger partial charge in [0.25, 0.3) is 0 Å². The molecule has 1 N–H and O–H groups in total. The summed E-state index contributed by atoms with van der Waals surface area (Å²) in [6.07, 6.45) is 0. The van der Waals surface area contributed by atoms with Gasteiger partial charge in [0, 0.05) is 21.9 Å². The van der Waals surface area contributed by atoms with E-state index in [-0.39, 0.29) is 0 Å². The predicted molar refractivity (Wildman–Crippen MR) is 161 cm³/mol. The Balaban J connectivity index is 1.32. The molecule has 7 aromatic rings. The number of nitrogens with one attached hydrogen (secondary N) is 1. The molecule has 2 aliphatic rings. The molecule has 0 amide bonds. The first-order valence-electron chi connectivity index (χ1n) is 13.6. The molecular weight excluding hydrogens is 490 g/mol. The number of para-hydroxylation sites is 4. The molecule has 0 bridgehead atoms. The van der Waals surface area contributed by atoms with Gasteiger partial charge in [0.1, 0.15) is 11.3 Å². The lowest BCUT2D eigenvalue weighted by Gasteiger charge is -2.40. The van der Waals surface area contributed by atoms with Gasteiger partial charge in [0.2, 0.25) is 0 Å². The number of fused-ring (bicyclic) bond motifs is 12. The molecule has 2 heterocycles. The van der Waals surface area contributed by atoms with Crippen molar-refractivity contribution in [2.45, 2.75) is 5.41 Å². The molecule has 40 heavy (non-hydrogen) atoms. The molecule has 3 heteroatoms. The van der Waals surface area contributed by atoms with Gasteiger partial charge in [0.15, 0.2) is 11.3 Å². The number of benzene rings is 6. The number of furan rings is 1. The maximum Gasteiger partial charge on any atom is 0.158 e. The lowest BCUT2D eigenvalue weighted by atomic mass is 9.66. The van der Waals surface area contributed by atoms with Crippen LogP contribution in [0, 0.1) is 0 Å². The Labute approximate surface area is 231 Å². The second kappa shape index (κ2) is 7.87. The van der Waals surface area contributed by atoms with E-state index in [1.54, 1.807) is 0 Å². The molecule has 0 radical (unpaired) electrons. The molecule has 1 aliphatic carbocycles. The van der Waals surface area contributed by atoms with E-state index in [9.17, 15) is 0 Å². The number of rotatable bonds is 2. The van der Waals surface area contributed by atoms with Crippen LogP contribution in [0.25, 0.3) is 33.1 Å². The van der Waals surface area contributed by atoms with Crippen LogP contribution in [-0.2, 0) is 5.41 Å². The summed E-state index contributed by atoms with van der Waals surface area (Å²) in [4.78, 5) is 0. The normalized spacial score (nSPS) is 13.9. The van der Waals surface area contributed by atoms with Gasteiger partial charge in [-0.25, -0.2) is 0 Å². The summed E-state index contributed by atoms with van der Waals surface area (Å²) in [6.45, 7) is 0. The molecule has 0 saturated heterocycles. The second-order valence-corrected chi connectivity index (χ2v) is 10.5. The Morgan fingerprint density at radius 2 is 1.07 bits per heavy atom. The highest BCUT2D eigenvalue weighted by atomic mass is 16.5. The summed E-state index contributed by atoms with van der Waals surface area (Å²) < 4.78 is 13.1. The van der Waals surface area contributed by atoms with Crippen molar-refractivity contribution < 1.29 is 9.15 Å². The molecule has 1 spiro atoms. The van der Waals surface area contributed by atoms with Gasteiger partial charge in [-0.1, -0.05) is 109 Å². The lowest BCUT2D eigenvalue weighted by molar-refractivity contribution is 0.438. The first-order valence-corrected chi connectivity index (χ1v) is 13.6. The van der Waals surface area contributed by atoms with E-state index in [0.717, 1.165) is 55.9 Å². The first-order chi connectivity index (χ1) is 19.8. The van der Waals surface area contributed by atoms with E-state index in [4.69, 9.17) is 9.15 Å². The third-order valence-corrected chi connectivity index (χ3v) is 8.55.